The summed E-state index contributed by atoms with van der Waals surface area (Å²) >= 11 is 0. The molecule has 0 spiro atoms. The summed E-state index contributed by atoms with van der Waals surface area (Å²) in [7, 11) is 0. The second-order valence-corrected chi connectivity index (χ2v) is 2.74. The molecule has 1 heteroatoms. The molecule has 0 aliphatic rings. The highest BCUT2D eigenvalue weighted by Crippen LogP contribution is 1.94. The minimum absolute atomic E-state index is 0.201. The molecule has 0 aromatic rings. The van der Waals surface area contributed by atoms with E-state index >= 15 is 0 Å². The number of hydrogen-bond acceptors (Lipinski definition) is 1. The highest BCUT2D eigenvalue weighted by Gasteiger charge is 1.86. The van der Waals surface area contributed by atoms with E-state index in [-0.39, 0.29) is 5.78 Å². The molecule has 0 saturated carbocycles. The fourth-order valence-corrected chi connectivity index (χ4v) is 0.621. The van der Waals surface area contributed by atoms with E-state index in [1.54, 1.807) is 6.08 Å². The maximum absolute atomic E-state index is 10.7. The fraction of sp³-hybridized carbons (Fsp3) is 0.500. The average molecular weight is 152 g/mol. The van der Waals surface area contributed by atoms with Gasteiger partial charge in [-0.2, -0.15) is 0 Å². The van der Waals surface area contributed by atoms with Crippen molar-refractivity contribution < 1.29 is 4.79 Å². The number of ketones is 1. The third-order valence-electron chi connectivity index (χ3n) is 1.31. The summed E-state index contributed by atoms with van der Waals surface area (Å²) in [4.78, 5) is 10.7. The van der Waals surface area contributed by atoms with Gasteiger partial charge in [0.05, 0.1) is 0 Å². The van der Waals surface area contributed by atoms with Gasteiger partial charge in [0.2, 0.25) is 0 Å². The number of allylic oxidation sites excluding steroid dienone is 4. The molecule has 0 saturated heterocycles. The first-order valence-electron chi connectivity index (χ1n) is 3.99. The van der Waals surface area contributed by atoms with Gasteiger partial charge in [0.25, 0.3) is 0 Å². The lowest BCUT2D eigenvalue weighted by Crippen LogP contribution is -1.86. The largest absolute Gasteiger partial charge is 0.295 e. The van der Waals surface area contributed by atoms with Crippen LogP contribution in [0.2, 0.25) is 0 Å². The minimum Gasteiger partial charge on any atom is -0.295 e. The van der Waals surface area contributed by atoms with E-state index in [1.807, 2.05) is 13.0 Å². The van der Waals surface area contributed by atoms with Gasteiger partial charge in [-0.15, -0.1) is 0 Å². The predicted molar refractivity (Wildman–Crippen MR) is 48.5 cm³/mol. The minimum atomic E-state index is 0.201. The Labute approximate surface area is 68.8 Å². The van der Waals surface area contributed by atoms with Gasteiger partial charge >= 0.3 is 0 Å². The third-order valence-corrected chi connectivity index (χ3v) is 1.31. The van der Waals surface area contributed by atoms with Gasteiger partial charge in [-0.3, -0.25) is 4.79 Å². The summed E-state index contributed by atoms with van der Waals surface area (Å²) in [5.74, 6) is 0.201. The molecular formula is C10H16O. The van der Waals surface area contributed by atoms with Crippen LogP contribution in [-0.2, 0) is 4.79 Å². The molecule has 0 N–H and O–H groups in total. The van der Waals surface area contributed by atoms with Crippen LogP contribution in [0.1, 0.15) is 33.6 Å². The lowest BCUT2D eigenvalue weighted by atomic mass is 10.2. The molecule has 62 valence electrons. The van der Waals surface area contributed by atoms with Crippen molar-refractivity contribution in [1.29, 1.82) is 0 Å². The van der Waals surface area contributed by atoms with E-state index < -0.39 is 0 Å². The Kier molecular flexibility index (Phi) is 5.44. The van der Waals surface area contributed by atoms with Crippen LogP contribution >= 0.6 is 0 Å². The normalized spacial score (nSPS) is 10.1. The number of carbonyl (C=O) groups excluding carboxylic acids is 1. The molecule has 0 aliphatic heterocycles. The summed E-state index contributed by atoms with van der Waals surface area (Å²) < 4.78 is 0. The van der Waals surface area contributed by atoms with E-state index in [1.165, 1.54) is 5.57 Å². The molecule has 1 nitrogen and oxygen atoms in total. The molecular weight excluding hydrogens is 136 g/mol. The molecule has 0 fully saturated rings. The van der Waals surface area contributed by atoms with Crippen LogP contribution in [0.4, 0.5) is 0 Å². The zero-order valence-electron chi connectivity index (χ0n) is 7.55. The van der Waals surface area contributed by atoms with Crippen molar-refractivity contribution in [2.24, 2.45) is 0 Å². The van der Waals surface area contributed by atoms with Crippen molar-refractivity contribution in [2.45, 2.75) is 33.6 Å². The Morgan fingerprint density at radius 1 is 1.36 bits per heavy atom. The van der Waals surface area contributed by atoms with E-state index in [0.29, 0.717) is 6.42 Å². The van der Waals surface area contributed by atoms with Gasteiger partial charge in [-0.1, -0.05) is 24.6 Å². The second kappa shape index (κ2) is 5.90. The summed E-state index contributed by atoms with van der Waals surface area (Å²) in [5.41, 5.74) is 1.29. The van der Waals surface area contributed by atoms with Crippen LogP contribution in [0, 0.1) is 0 Å². The van der Waals surface area contributed by atoms with Crippen molar-refractivity contribution in [3.63, 3.8) is 0 Å². The molecule has 0 atom stereocenters. The molecule has 0 radical (unpaired) electrons. The van der Waals surface area contributed by atoms with Crippen LogP contribution in [0.25, 0.3) is 0 Å². The zero-order valence-corrected chi connectivity index (χ0v) is 7.55. The maximum atomic E-state index is 10.7. The van der Waals surface area contributed by atoms with Gasteiger partial charge in [0.15, 0.2) is 5.78 Å². The van der Waals surface area contributed by atoms with Crippen molar-refractivity contribution in [1.82, 2.24) is 0 Å². The van der Waals surface area contributed by atoms with E-state index in [9.17, 15) is 4.79 Å². The Balaban J connectivity index is 3.61. The Bertz CT molecular complexity index is 171. The number of rotatable bonds is 4. The smallest absolute Gasteiger partial charge is 0.155 e. The highest BCUT2D eigenvalue weighted by atomic mass is 16.1. The second-order valence-electron chi connectivity index (χ2n) is 2.74. The first-order chi connectivity index (χ1) is 5.16. The molecule has 0 amide bonds. The molecule has 0 unspecified atom stereocenters. The van der Waals surface area contributed by atoms with Gasteiger partial charge in [0.1, 0.15) is 0 Å². The average Bonchev–Trinajstić information content (AvgIpc) is 1.97. The molecule has 0 heterocycles. The lowest BCUT2D eigenvalue weighted by Gasteiger charge is -1.86. The molecule has 0 aromatic heterocycles. The topological polar surface area (TPSA) is 17.1 Å². The summed E-state index contributed by atoms with van der Waals surface area (Å²) in [6.07, 6.45) is 7.12. The summed E-state index contributed by atoms with van der Waals surface area (Å²) in [6, 6.07) is 0. The van der Waals surface area contributed by atoms with Crippen LogP contribution in [0.5, 0.6) is 0 Å². The van der Waals surface area contributed by atoms with Crippen molar-refractivity contribution in [3.8, 4) is 0 Å². The Morgan fingerprint density at radius 3 is 2.45 bits per heavy atom. The summed E-state index contributed by atoms with van der Waals surface area (Å²) in [5, 5.41) is 0. The van der Waals surface area contributed by atoms with Gasteiger partial charge in [0, 0.05) is 6.42 Å². The van der Waals surface area contributed by atoms with Crippen molar-refractivity contribution in [2.75, 3.05) is 0 Å². The monoisotopic (exact) mass is 152 g/mol. The van der Waals surface area contributed by atoms with Crippen LogP contribution in [0.3, 0.4) is 0 Å². The SMILES string of the molecule is CCC(=O)C=CCC=C(C)C. The van der Waals surface area contributed by atoms with E-state index in [0.717, 1.165) is 6.42 Å². The number of carbonyl (C=O) groups is 1. The lowest BCUT2D eigenvalue weighted by molar-refractivity contribution is -0.114. The van der Waals surface area contributed by atoms with Gasteiger partial charge in [-0.25, -0.2) is 0 Å². The van der Waals surface area contributed by atoms with Crippen molar-refractivity contribution in [3.05, 3.63) is 23.8 Å². The standard InChI is InChI=1S/C10H16O/c1-4-10(11)8-6-5-7-9(2)3/h6-8H,4-5H2,1-3H3. The molecule has 0 bridgehead atoms. The maximum Gasteiger partial charge on any atom is 0.155 e. The number of hydrogen-bond donors (Lipinski definition) is 0. The fourth-order valence-electron chi connectivity index (χ4n) is 0.621. The zero-order chi connectivity index (χ0) is 8.69. The van der Waals surface area contributed by atoms with Gasteiger partial charge < -0.3 is 0 Å². The Morgan fingerprint density at radius 2 is 2.00 bits per heavy atom. The molecule has 0 aliphatic carbocycles. The summed E-state index contributed by atoms with van der Waals surface area (Å²) in [6.45, 7) is 5.97. The van der Waals surface area contributed by atoms with Crippen LogP contribution in [-0.4, -0.2) is 5.78 Å². The highest BCUT2D eigenvalue weighted by molar-refractivity contribution is 5.89. The first-order valence-corrected chi connectivity index (χ1v) is 3.99. The van der Waals surface area contributed by atoms with Crippen LogP contribution < -0.4 is 0 Å². The first kappa shape index (κ1) is 10.2. The van der Waals surface area contributed by atoms with E-state index in [4.69, 9.17) is 0 Å². The van der Waals surface area contributed by atoms with E-state index in [2.05, 4.69) is 19.9 Å². The molecule has 0 aromatic carbocycles. The van der Waals surface area contributed by atoms with Crippen LogP contribution in [0.15, 0.2) is 23.8 Å². The Hall–Kier alpha value is -0.850. The van der Waals surface area contributed by atoms with Gasteiger partial charge in [-0.05, 0) is 26.3 Å². The molecule has 11 heavy (non-hydrogen) atoms. The third kappa shape index (κ3) is 7.04. The quantitative estimate of drug-likeness (QED) is 0.447. The predicted octanol–water partition coefficient (Wildman–Crippen LogP) is 2.88. The van der Waals surface area contributed by atoms with Crippen molar-refractivity contribution >= 4 is 5.78 Å². The molecule has 0 rings (SSSR count).